The van der Waals surface area contributed by atoms with Gasteiger partial charge in [0.1, 0.15) is 0 Å². The summed E-state index contributed by atoms with van der Waals surface area (Å²) in [5.41, 5.74) is 3.45. The molecule has 1 N–H and O–H groups in total. The monoisotopic (exact) mass is 343 g/mol. The van der Waals surface area contributed by atoms with E-state index in [1.807, 2.05) is 38.1 Å². The third-order valence-electron chi connectivity index (χ3n) is 4.64. The van der Waals surface area contributed by atoms with Crippen molar-refractivity contribution in [2.75, 3.05) is 31.5 Å². The number of nitrogens with zero attached hydrogens (tertiary/aromatic N) is 2. The van der Waals surface area contributed by atoms with E-state index in [1.165, 1.54) is 11.1 Å². The van der Waals surface area contributed by atoms with Crippen LogP contribution in [0.2, 0.25) is 0 Å². The summed E-state index contributed by atoms with van der Waals surface area (Å²) in [4.78, 5) is 17.2. The molecule has 1 aromatic heterocycles. The summed E-state index contributed by atoms with van der Waals surface area (Å²) in [6, 6.07) is 10.0. The lowest BCUT2D eigenvalue weighted by molar-refractivity contribution is -0.121. The van der Waals surface area contributed by atoms with E-state index >= 15 is 0 Å². The van der Waals surface area contributed by atoms with Crippen molar-refractivity contribution in [3.63, 3.8) is 0 Å². The van der Waals surface area contributed by atoms with E-state index in [0.717, 1.165) is 38.4 Å². The van der Waals surface area contributed by atoms with Gasteiger partial charge in [0.25, 0.3) is 0 Å². The fourth-order valence-corrected chi connectivity index (χ4v) is 3.66. The second-order valence-corrected chi connectivity index (χ2v) is 7.25. The van der Waals surface area contributed by atoms with Crippen molar-refractivity contribution in [1.82, 2.24) is 9.80 Å². The molecule has 0 spiro atoms. The normalized spacial score (nSPS) is 17.6. The number of nitrogens with one attached hydrogen (secondary N) is 1. The van der Waals surface area contributed by atoms with Crippen LogP contribution in [0.1, 0.15) is 18.1 Å². The number of carbonyl (C=O) groups excluding carboxylic acids is 1. The Kier molecular flexibility index (Phi) is 5.66. The zero-order valence-corrected chi connectivity index (χ0v) is 15.2. The largest absolute Gasteiger partial charge is 0.325 e. The van der Waals surface area contributed by atoms with Gasteiger partial charge in [-0.05, 0) is 48.4 Å². The SMILES string of the molecule is Cc1ccc(NC(=O)[C@H](C)N2CCN(Cc3ccsc3)CC2)cc1. The molecule has 0 bridgehead atoms. The molecule has 24 heavy (non-hydrogen) atoms. The first-order valence-electron chi connectivity index (χ1n) is 8.47. The van der Waals surface area contributed by atoms with Crippen molar-refractivity contribution < 1.29 is 4.79 Å². The first-order chi connectivity index (χ1) is 11.6. The predicted octanol–water partition coefficient (Wildman–Crippen LogP) is 3.20. The molecule has 3 rings (SSSR count). The zero-order valence-electron chi connectivity index (χ0n) is 14.4. The number of amides is 1. The number of piperazine rings is 1. The van der Waals surface area contributed by atoms with Gasteiger partial charge in [0, 0.05) is 38.4 Å². The lowest BCUT2D eigenvalue weighted by Crippen LogP contribution is -2.52. The quantitative estimate of drug-likeness (QED) is 0.905. The molecule has 2 heterocycles. The van der Waals surface area contributed by atoms with Crippen molar-refractivity contribution in [1.29, 1.82) is 0 Å². The summed E-state index contributed by atoms with van der Waals surface area (Å²) in [7, 11) is 0. The number of rotatable bonds is 5. The minimum atomic E-state index is -0.102. The molecule has 0 unspecified atom stereocenters. The van der Waals surface area contributed by atoms with Crippen LogP contribution < -0.4 is 5.32 Å². The molecule has 4 nitrogen and oxygen atoms in total. The molecule has 1 fully saturated rings. The predicted molar refractivity (Wildman–Crippen MR) is 100 cm³/mol. The average molecular weight is 343 g/mol. The van der Waals surface area contributed by atoms with Crippen LogP contribution in [0.3, 0.4) is 0 Å². The zero-order chi connectivity index (χ0) is 16.9. The first kappa shape index (κ1) is 17.1. The summed E-state index contributed by atoms with van der Waals surface area (Å²) in [6.07, 6.45) is 0. The Hall–Kier alpha value is -1.69. The number of benzene rings is 1. The molecular formula is C19H25N3OS. The number of carbonyl (C=O) groups is 1. The molecule has 1 saturated heterocycles. The molecule has 0 radical (unpaired) electrons. The minimum Gasteiger partial charge on any atom is -0.325 e. The second-order valence-electron chi connectivity index (χ2n) is 6.47. The van der Waals surface area contributed by atoms with Crippen LogP contribution in [0.4, 0.5) is 5.69 Å². The van der Waals surface area contributed by atoms with Gasteiger partial charge in [-0.1, -0.05) is 17.7 Å². The Morgan fingerprint density at radius 3 is 2.50 bits per heavy atom. The molecule has 2 aromatic rings. The van der Waals surface area contributed by atoms with Gasteiger partial charge in [0.2, 0.25) is 5.91 Å². The molecule has 1 atom stereocenters. The maximum atomic E-state index is 12.5. The Morgan fingerprint density at radius 2 is 1.88 bits per heavy atom. The molecular weight excluding hydrogens is 318 g/mol. The summed E-state index contributed by atoms with van der Waals surface area (Å²) >= 11 is 1.75. The number of hydrogen-bond acceptors (Lipinski definition) is 4. The van der Waals surface area contributed by atoms with E-state index in [-0.39, 0.29) is 11.9 Å². The summed E-state index contributed by atoms with van der Waals surface area (Å²) in [5, 5.41) is 7.36. The Labute approximate surface area is 148 Å². The van der Waals surface area contributed by atoms with Gasteiger partial charge in [-0.25, -0.2) is 0 Å². The Morgan fingerprint density at radius 1 is 1.17 bits per heavy atom. The molecule has 1 aliphatic rings. The van der Waals surface area contributed by atoms with Gasteiger partial charge in [0.05, 0.1) is 6.04 Å². The third kappa shape index (κ3) is 4.44. The molecule has 128 valence electrons. The van der Waals surface area contributed by atoms with E-state index in [2.05, 4.69) is 31.9 Å². The highest BCUT2D eigenvalue weighted by molar-refractivity contribution is 7.07. The van der Waals surface area contributed by atoms with Crippen LogP contribution in [-0.4, -0.2) is 47.9 Å². The van der Waals surface area contributed by atoms with Crippen LogP contribution in [-0.2, 0) is 11.3 Å². The number of thiophene rings is 1. The standard InChI is InChI=1S/C19H25N3OS/c1-15-3-5-18(6-4-15)20-19(23)16(2)22-10-8-21(9-11-22)13-17-7-12-24-14-17/h3-7,12,14,16H,8-11,13H2,1-2H3,(H,20,23)/t16-/m0/s1. The molecule has 0 aliphatic carbocycles. The third-order valence-corrected chi connectivity index (χ3v) is 5.37. The van der Waals surface area contributed by atoms with E-state index in [9.17, 15) is 4.79 Å². The van der Waals surface area contributed by atoms with E-state index in [4.69, 9.17) is 0 Å². The van der Waals surface area contributed by atoms with Gasteiger partial charge in [-0.3, -0.25) is 14.6 Å². The highest BCUT2D eigenvalue weighted by atomic mass is 32.1. The summed E-state index contributed by atoms with van der Waals surface area (Å²) in [6.45, 7) is 8.96. The lowest BCUT2D eigenvalue weighted by Gasteiger charge is -2.37. The second kappa shape index (κ2) is 7.92. The van der Waals surface area contributed by atoms with Crippen LogP contribution in [0.15, 0.2) is 41.1 Å². The number of anilines is 1. The Bertz CT molecular complexity index is 646. The fourth-order valence-electron chi connectivity index (χ4n) is 3.00. The highest BCUT2D eigenvalue weighted by Gasteiger charge is 2.25. The maximum absolute atomic E-state index is 12.5. The maximum Gasteiger partial charge on any atom is 0.241 e. The van der Waals surface area contributed by atoms with Gasteiger partial charge in [-0.2, -0.15) is 11.3 Å². The highest BCUT2D eigenvalue weighted by Crippen LogP contribution is 2.14. The van der Waals surface area contributed by atoms with Crippen molar-refractivity contribution in [2.45, 2.75) is 26.4 Å². The van der Waals surface area contributed by atoms with Gasteiger partial charge in [-0.15, -0.1) is 0 Å². The molecule has 1 aromatic carbocycles. The van der Waals surface area contributed by atoms with Crippen LogP contribution in [0.25, 0.3) is 0 Å². The van der Waals surface area contributed by atoms with Crippen LogP contribution >= 0.6 is 11.3 Å². The topological polar surface area (TPSA) is 35.6 Å². The van der Waals surface area contributed by atoms with Crippen molar-refractivity contribution in [3.05, 3.63) is 52.2 Å². The van der Waals surface area contributed by atoms with E-state index < -0.39 is 0 Å². The number of aryl methyl sites for hydroxylation is 1. The van der Waals surface area contributed by atoms with Crippen molar-refractivity contribution in [2.24, 2.45) is 0 Å². The molecule has 1 aliphatic heterocycles. The minimum absolute atomic E-state index is 0.0742. The van der Waals surface area contributed by atoms with E-state index in [0.29, 0.717) is 0 Å². The van der Waals surface area contributed by atoms with Crippen molar-refractivity contribution >= 4 is 22.9 Å². The van der Waals surface area contributed by atoms with Crippen molar-refractivity contribution in [3.8, 4) is 0 Å². The van der Waals surface area contributed by atoms with Gasteiger partial charge in [0.15, 0.2) is 0 Å². The Balaban J connectivity index is 1.48. The summed E-state index contributed by atoms with van der Waals surface area (Å²) < 4.78 is 0. The van der Waals surface area contributed by atoms with Crippen LogP contribution in [0, 0.1) is 6.92 Å². The molecule has 1 amide bonds. The van der Waals surface area contributed by atoms with Crippen LogP contribution in [0.5, 0.6) is 0 Å². The summed E-state index contributed by atoms with van der Waals surface area (Å²) in [5.74, 6) is 0.0742. The average Bonchev–Trinajstić information content (AvgIpc) is 3.10. The van der Waals surface area contributed by atoms with Gasteiger partial charge < -0.3 is 5.32 Å². The lowest BCUT2D eigenvalue weighted by atomic mass is 10.2. The fraction of sp³-hybridized carbons (Fsp3) is 0.421. The number of hydrogen-bond donors (Lipinski definition) is 1. The van der Waals surface area contributed by atoms with E-state index in [1.54, 1.807) is 11.3 Å². The smallest absolute Gasteiger partial charge is 0.241 e. The first-order valence-corrected chi connectivity index (χ1v) is 9.41. The van der Waals surface area contributed by atoms with Gasteiger partial charge >= 0.3 is 0 Å². The molecule has 0 saturated carbocycles. The molecule has 5 heteroatoms.